The van der Waals surface area contributed by atoms with E-state index in [1.165, 1.54) is 0 Å². The van der Waals surface area contributed by atoms with Crippen LogP contribution in [0.3, 0.4) is 0 Å². The van der Waals surface area contributed by atoms with Crippen molar-refractivity contribution in [2.24, 2.45) is 0 Å². The van der Waals surface area contributed by atoms with Crippen molar-refractivity contribution < 1.29 is 9.53 Å². The molecule has 1 fully saturated rings. The van der Waals surface area contributed by atoms with E-state index in [4.69, 9.17) is 16.3 Å². The van der Waals surface area contributed by atoms with Gasteiger partial charge in [-0.25, -0.2) is 0 Å². The van der Waals surface area contributed by atoms with Gasteiger partial charge >= 0.3 is 0 Å². The molecule has 1 saturated heterocycles. The quantitative estimate of drug-likeness (QED) is 0.573. The van der Waals surface area contributed by atoms with Crippen LogP contribution in [0.1, 0.15) is 0 Å². The number of halogens is 2. The molecule has 1 amide bonds. The van der Waals surface area contributed by atoms with E-state index in [1.807, 2.05) is 48.5 Å². The molecule has 1 aliphatic rings. The zero-order valence-electron chi connectivity index (χ0n) is 15.1. The number of anilines is 5. The van der Waals surface area contributed by atoms with E-state index in [9.17, 15) is 4.79 Å². The van der Waals surface area contributed by atoms with E-state index in [1.54, 1.807) is 4.90 Å². The molecular formula is C19H16BrClN6O2. The first-order valence-electron chi connectivity index (χ1n) is 8.76. The highest BCUT2D eigenvalue weighted by atomic mass is 79.9. The van der Waals surface area contributed by atoms with Gasteiger partial charge < -0.3 is 20.3 Å². The Bertz CT molecular complexity index is 1020. The van der Waals surface area contributed by atoms with Gasteiger partial charge in [-0.2, -0.15) is 15.0 Å². The van der Waals surface area contributed by atoms with Crippen LogP contribution in [-0.2, 0) is 9.53 Å². The van der Waals surface area contributed by atoms with E-state index in [0.717, 1.165) is 21.5 Å². The summed E-state index contributed by atoms with van der Waals surface area (Å²) in [7, 11) is 0. The molecule has 0 radical (unpaired) electrons. The van der Waals surface area contributed by atoms with Crippen LogP contribution >= 0.6 is 27.5 Å². The molecule has 3 aromatic rings. The number of hydrogen-bond donors (Lipinski definition) is 2. The molecule has 0 unspecified atom stereocenters. The summed E-state index contributed by atoms with van der Waals surface area (Å²) in [4.78, 5) is 26.2. The van der Waals surface area contributed by atoms with Gasteiger partial charge in [-0.3, -0.25) is 4.79 Å². The lowest BCUT2D eigenvalue weighted by atomic mass is 10.2. The van der Waals surface area contributed by atoms with Crippen molar-refractivity contribution in [1.29, 1.82) is 0 Å². The van der Waals surface area contributed by atoms with Gasteiger partial charge in [-0.1, -0.05) is 15.9 Å². The number of morpholine rings is 1. The van der Waals surface area contributed by atoms with Crippen LogP contribution in [0.5, 0.6) is 0 Å². The van der Waals surface area contributed by atoms with Gasteiger partial charge in [0, 0.05) is 28.1 Å². The van der Waals surface area contributed by atoms with E-state index >= 15 is 0 Å². The Labute approximate surface area is 180 Å². The van der Waals surface area contributed by atoms with Crippen molar-refractivity contribution in [3.63, 3.8) is 0 Å². The maximum atomic E-state index is 11.9. The second kappa shape index (κ2) is 8.73. The molecule has 1 aliphatic heterocycles. The van der Waals surface area contributed by atoms with Crippen molar-refractivity contribution in [2.75, 3.05) is 35.3 Å². The lowest BCUT2D eigenvalue weighted by Crippen LogP contribution is -2.41. The maximum Gasteiger partial charge on any atom is 0.253 e. The first-order chi connectivity index (χ1) is 14.1. The van der Waals surface area contributed by atoms with Crippen LogP contribution in [0.15, 0.2) is 53.0 Å². The monoisotopic (exact) mass is 474 g/mol. The number of hydrogen-bond acceptors (Lipinski definition) is 7. The number of aromatic nitrogens is 3. The zero-order valence-corrected chi connectivity index (χ0v) is 17.4. The summed E-state index contributed by atoms with van der Waals surface area (Å²) in [6.45, 7) is 1.18. The van der Waals surface area contributed by atoms with Gasteiger partial charge in [-0.15, -0.1) is 0 Å². The second-order valence-corrected chi connectivity index (χ2v) is 7.41. The number of carbonyl (C=O) groups is 1. The largest absolute Gasteiger partial charge is 0.370 e. The minimum Gasteiger partial charge on any atom is -0.370 e. The number of nitrogens with zero attached hydrogens (tertiary/aromatic N) is 4. The molecule has 0 saturated carbocycles. The summed E-state index contributed by atoms with van der Waals surface area (Å²) in [5.41, 5.74) is 2.39. The van der Waals surface area contributed by atoms with E-state index in [2.05, 4.69) is 41.5 Å². The first-order valence-corrected chi connectivity index (χ1v) is 9.93. The molecular weight excluding hydrogens is 460 g/mol. The summed E-state index contributed by atoms with van der Waals surface area (Å²) in [6.07, 6.45) is 0. The minimum atomic E-state index is -0.0511. The normalized spacial score (nSPS) is 14.0. The lowest BCUT2D eigenvalue weighted by Gasteiger charge is -2.26. The topological polar surface area (TPSA) is 92.3 Å². The standard InChI is InChI=1S/C19H16BrClN6O2/c20-12-1-3-13(4-2-12)22-18-24-17(21)25-19(26-18)23-14-5-7-15(8-6-14)27-9-10-29-11-16(27)28/h1-8H,9-11H2,(H2,22,23,24,25,26). The third-order valence-corrected chi connectivity index (χ3v) is 4.83. The third-order valence-electron chi connectivity index (χ3n) is 4.13. The predicted octanol–water partition coefficient (Wildman–Crippen LogP) is 4.14. The number of benzene rings is 2. The summed E-state index contributed by atoms with van der Waals surface area (Å²) < 4.78 is 6.13. The van der Waals surface area contributed by atoms with Crippen molar-refractivity contribution in [3.05, 3.63) is 58.3 Å². The van der Waals surface area contributed by atoms with E-state index < -0.39 is 0 Å². The van der Waals surface area contributed by atoms with Gasteiger partial charge in [0.2, 0.25) is 17.2 Å². The van der Waals surface area contributed by atoms with Crippen molar-refractivity contribution in [3.8, 4) is 0 Å². The molecule has 0 aliphatic carbocycles. The summed E-state index contributed by atoms with van der Waals surface area (Å²) >= 11 is 9.44. The molecule has 4 rings (SSSR count). The highest BCUT2D eigenvalue weighted by Gasteiger charge is 2.19. The number of amides is 1. The molecule has 0 atom stereocenters. The van der Waals surface area contributed by atoms with Gasteiger partial charge in [0.15, 0.2) is 0 Å². The Morgan fingerprint density at radius 1 is 0.931 bits per heavy atom. The van der Waals surface area contributed by atoms with Crippen LogP contribution in [0.25, 0.3) is 0 Å². The summed E-state index contributed by atoms with van der Waals surface area (Å²) in [5, 5.41) is 6.26. The molecule has 0 bridgehead atoms. The van der Waals surface area contributed by atoms with Crippen LogP contribution in [0.4, 0.5) is 29.0 Å². The lowest BCUT2D eigenvalue weighted by molar-refractivity contribution is -0.125. The van der Waals surface area contributed by atoms with Crippen LogP contribution < -0.4 is 15.5 Å². The van der Waals surface area contributed by atoms with Gasteiger partial charge in [0.1, 0.15) is 6.61 Å². The summed E-state index contributed by atoms with van der Waals surface area (Å²) in [5.74, 6) is 0.579. The minimum absolute atomic E-state index is 0.0511. The van der Waals surface area contributed by atoms with Crippen molar-refractivity contribution in [2.45, 2.75) is 0 Å². The summed E-state index contributed by atoms with van der Waals surface area (Å²) in [6, 6.07) is 15.0. The van der Waals surface area contributed by atoms with E-state index in [-0.39, 0.29) is 17.8 Å². The third kappa shape index (κ3) is 5.00. The highest BCUT2D eigenvalue weighted by molar-refractivity contribution is 9.10. The van der Waals surface area contributed by atoms with Crippen LogP contribution in [0.2, 0.25) is 5.28 Å². The smallest absolute Gasteiger partial charge is 0.253 e. The SMILES string of the molecule is O=C1COCCN1c1ccc(Nc2nc(Cl)nc(Nc3ccc(Br)cc3)n2)cc1. The highest BCUT2D eigenvalue weighted by Crippen LogP contribution is 2.23. The van der Waals surface area contributed by atoms with Gasteiger partial charge in [-0.05, 0) is 60.1 Å². The van der Waals surface area contributed by atoms with E-state index in [0.29, 0.717) is 25.0 Å². The van der Waals surface area contributed by atoms with Crippen LogP contribution in [-0.4, -0.2) is 40.6 Å². The van der Waals surface area contributed by atoms with Crippen LogP contribution in [0, 0.1) is 0 Å². The molecule has 2 N–H and O–H groups in total. The number of rotatable bonds is 5. The fraction of sp³-hybridized carbons (Fsp3) is 0.158. The zero-order chi connectivity index (χ0) is 20.2. The molecule has 10 heteroatoms. The van der Waals surface area contributed by atoms with Gasteiger partial charge in [0.25, 0.3) is 5.91 Å². The Hall–Kier alpha value is -2.75. The Morgan fingerprint density at radius 2 is 1.52 bits per heavy atom. The molecule has 29 heavy (non-hydrogen) atoms. The van der Waals surface area contributed by atoms with Crippen molar-refractivity contribution >= 4 is 62.4 Å². The fourth-order valence-electron chi connectivity index (χ4n) is 2.77. The molecule has 2 aromatic carbocycles. The molecule has 0 spiro atoms. The molecule has 8 nitrogen and oxygen atoms in total. The number of ether oxygens (including phenoxy) is 1. The first kappa shape index (κ1) is 19.6. The Balaban J connectivity index is 1.48. The predicted molar refractivity (Wildman–Crippen MR) is 115 cm³/mol. The number of carbonyl (C=O) groups excluding carboxylic acids is 1. The molecule has 2 heterocycles. The number of nitrogens with one attached hydrogen (secondary N) is 2. The van der Waals surface area contributed by atoms with Gasteiger partial charge in [0.05, 0.1) is 6.61 Å². The molecule has 148 valence electrons. The fourth-order valence-corrected chi connectivity index (χ4v) is 3.19. The Kier molecular flexibility index (Phi) is 5.89. The Morgan fingerprint density at radius 3 is 2.10 bits per heavy atom. The average molecular weight is 476 g/mol. The maximum absolute atomic E-state index is 11.9. The van der Waals surface area contributed by atoms with Crippen molar-refractivity contribution in [1.82, 2.24) is 15.0 Å². The molecule has 1 aromatic heterocycles. The second-order valence-electron chi connectivity index (χ2n) is 6.15. The average Bonchev–Trinajstić information content (AvgIpc) is 2.70.